The Morgan fingerprint density at radius 1 is 0.667 bits per heavy atom. The SMILES string of the molecule is Cc1c(-c2cc3cc(NC(=O)O[C@@H]4CC[C@H]4C#N)ncc3c(N)c2F)cnc2c1NCCO2.Cc1c(-c2cc3cc(NC(=O)O[C@H]4CC[C@@H]4C#N)ncc3c(N)c2F)cnc2c1NCCO2. The summed E-state index contributed by atoms with van der Waals surface area (Å²) in [6, 6.07) is 10.7. The molecule has 4 aromatic heterocycles. The number of rotatable bonds is 6. The summed E-state index contributed by atoms with van der Waals surface area (Å²) < 4.78 is 52.2. The van der Waals surface area contributed by atoms with Gasteiger partial charge < -0.3 is 41.0 Å². The van der Waals surface area contributed by atoms with Gasteiger partial charge in [0.1, 0.15) is 48.4 Å². The van der Waals surface area contributed by atoms with E-state index < -0.39 is 36.0 Å². The lowest BCUT2D eigenvalue weighted by Gasteiger charge is -2.30. The van der Waals surface area contributed by atoms with E-state index in [1.807, 2.05) is 13.8 Å². The van der Waals surface area contributed by atoms with Gasteiger partial charge in [0.15, 0.2) is 11.6 Å². The van der Waals surface area contributed by atoms with Gasteiger partial charge in [-0.2, -0.15) is 10.5 Å². The number of carbonyl (C=O) groups excluding carboxylic acids is 2. The van der Waals surface area contributed by atoms with E-state index in [0.29, 0.717) is 83.6 Å². The normalized spacial score (nSPS) is 18.8. The molecule has 0 spiro atoms. The minimum Gasteiger partial charge on any atom is -0.474 e. The van der Waals surface area contributed by atoms with Gasteiger partial charge >= 0.3 is 12.2 Å². The van der Waals surface area contributed by atoms with Crippen molar-refractivity contribution in [1.82, 2.24) is 19.9 Å². The van der Waals surface area contributed by atoms with Crippen LogP contribution < -0.4 is 42.2 Å². The van der Waals surface area contributed by atoms with Gasteiger partial charge in [0, 0.05) is 70.9 Å². The molecular weight excluding hydrogens is 855 g/mol. The number of nitrogens with one attached hydrogen (secondary N) is 4. The van der Waals surface area contributed by atoms with Crippen LogP contribution in [-0.2, 0) is 9.47 Å². The summed E-state index contributed by atoms with van der Waals surface area (Å²) >= 11 is 0. The first-order valence-electron chi connectivity index (χ1n) is 21.2. The summed E-state index contributed by atoms with van der Waals surface area (Å²) in [6.45, 7) is 6.02. The number of carbonyl (C=O) groups is 2. The van der Waals surface area contributed by atoms with E-state index in [1.165, 1.54) is 12.4 Å². The molecule has 0 bridgehead atoms. The van der Waals surface area contributed by atoms with E-state index >= 15 is 8.78 Å². The topological polar surface area (TPSA) is 270 Å². The van der Waals surface area contributed by atoms with Crippen LogP contribution in [0.25, 0.3) is 43.8 Å². The Kier molecular flexibility index (Phi) is 11.5. The quantitative estimate of drug-likeness (QED) is 0.0865. The van der Waals surface area contributed by atoms with Crippen molar-refractivity contribution in [3.8, 4) is 46.2 Å². The molecule has 2 aliphatic carbocycles. The number of pyridine rings is 4. The molecule has 0 unspecified atom stereocenters. The van der Waals surface area contributed by atoms with Crippen LogP contribution in [0.2, 0.25) is 0 Å². The third-order valence-corrected chi connectivity index (χ3v) is 12.2. The van der Waals surface area contributed by atoms with Crippen LogP contribution in [0, 0.1) is 60.0 Å². The third-order valence-electron chi connectivity index (χ3n) is 12.2. The predicted molar refractivity (Wildman–Crippen MR) is 241 cm³/mol. The molecule has 0 radical (unpaired) electrons. The van der Waals surface area contributed by atoms with E-state index in [2.05, 4.69) is 53.3 Å². The van der Waals surface area contributed by atoms with Gasteiger partial charge in [-0.3, -0.25) is 10.6 Å². The summed E-state index contributed by atoms with van der Waals surface area (Å²) in [7, 11) is 0. The van der Waals surface area contributed by atoms with Crippen LogP contribution in [0.3, 0.4) is 0 Å². The number of halogens is 2. The van der Waals surface area contributed by atoms with E-state index in [0.717, 1.165) is 35.3 Å². The number of hydrogen-bond acceptors (Lipinski definition) is 16. The Morgan fingerprint density at radius 2 is 1.09 bits per heavy atom. The predicted octanol–water partition coefficient (Wildman–Crippen LogP) is 7.96. The second-order valence-electron chi connectivity index (χ2n) is 16.2. The van der Waals surface area contributed by atoms with Crippen LogP contribution in [0.5, 0.6) is 11.8 Å². The van der Waals surface area contributed by atoms with Crippen molar-refractivity contribution in [2.45, 2.75) is 51.7 Å². The van der Waals surface area contributed by atoms with Gasteiger partial charge in [-0.05, 0) is 85.7 Å². The fraction of sp³-hybridized carbons (Fsp3) is 0.304. The van der Waals surface area contributed by atoms with Gasteiger partial charge in [-0.25, -0.2) is 38.3 Å². The Balaban J connectivity index is 0.000000166. The molecule has 20 heteroatoms. The number of nitrogens with zero attached hydrogens (tertiary/aromatic N) is 6. The molecule has 6 heterocycles. The van der Waals surface area contributed by atoms with Crippen molar-refractivity contribution < 1.29 is 37.3 Å². The second kappa shape index (κ2) is 17.7. The second-order valence-corrected chi connectivity index (χ2v) is 16.2. The van der Waals surface area contributed by atoms with Crippen molar-refractivity contribution in [2.75, 3.05) is 59.0 Å². The van der Waals surface area contributed by atoms with Gasteiger partial charge in [0.2, 0.25) is 11.8 Å². The fourth-order valence-electron chi connectivity index (χ4n) is 8.17. The van der Waals surface area contributed by atoms with Crippen LogP contribution in [-0.4, -0.2) is 70.6 Å². The lowest BCUT2D eigenvalue weighted by molar-refractivity contribution is 0.0318. The van der Waals surface area contributed by atoms with E-state index in [1.54, 1.807) is 36.7 Å². The smallest absolute Gasteiger partial charge is 0.413 e. The van der Waals surface area contributed by atoms with Crippen LogP contribution in [0.15, 0.2) is 49.1 Å². The van der Waals surface area contributed by atoms with Crippen molar-refractivity contribution in [2.24, 2.45) is 11.8 Å². The van der Waals surface area contributed by atoms with E-state index in [9.17, 15) is 9.59 Å². The first-order chi connectivity index (χ1) is 31.9. The Morgan fingerprint density at radius 3 is 1.47 bits per heavy atom. The minimum absolute atomic E-state index is 0.0446. The number of nitriles is 2. The molecule has 2 fully saturated rings. The van der Waals surface area contributed by atoms with Crippen molar-refractivity contribution >= 4 is 68.1 Å². The summed E-state index contributed by atoms with van der Waals surface area (Å²) in [5.74, 6) is -0.276. The van der Waals surface area contributed by atoms with E-state index in [4.69, 9.17) is 40.9 Å². The lowest BCUT2D eigenvalue weighted by atomic mass is 9.83. The van der Waals surface area contributed by atoms with Gasteiger partial charge in [-0.1, -0.05) is 0 Å². The molecule has 10 rings (SSSR count). The molecule has 2 amide bonds. The van der Waals surface area contributed by atoms with E-state index in [-0.39, 0.29) is 46.0 Å². The van der Waals surface area contributed by atoms with Gasteiger partial charge in [0.25, 0.3) is 0 Å². The van der Waals surface area contributed by atoms with Gasteiger partial charge in [-0.15, -0.1) is 0 Å². The average molecular weight is 897 g/mol. The Labute approximate surface area is 375 Å². The molecule has 18 nitrogen and oxygen atoms in total. The number of ether oxygens (including phenoxy) is 4. The summed E-state index contributed by atoms with van der Waals surface area (Å²) in [5.41, 5.74) is 16.9. The number of anilines is 6. The maximum atomic E-state index is 15.3. The van der Waals surface area contributed by atoms with Crippen LogP contribution in [0.4, 0.5) is 52.8 Å². The summed E-state index contributed by atoms with van der Waals surface area (Å²) in [4.78, 5) is 41.4. The van der Waals surface area contributed by atoms with Crippen molar-refractivity contribution in [1.29, 1.82) is 10.5 Å². The Bertz CT molecular complexity index is 2850. The van der Waals surface area contributed by atoms with Gasteiger partial charge in [0.05, 0.1) is 35.3 Å². The van der Waals surface area contributed by atoms with Crippen LogP contribution in [0.1, 0.15) is 36.8 Å². The number of fused-ring (bicyclic) bond motifs is 4. The first kappa shape index (κ1) is 43.0. The molecular formula is C46H42F2N12O6. The number of nitrogen functional groups attached to an aromatic ring is 2. The zero-order valence-corrected chi connectivity index (χ0v) is 35.6. The molecule has 2 aliphatic heterocycles. The fourth-order valence-corrected chi connectivity index (χ4v) is 8.17. The maximum Gasteiger partial charge on any atom is 0.413 e. The molecule has 6 aromatic rings. The summed E-state index contributed by atoms with van der Waals surface area (Å²) in [5, 5.41) is 31.6. The molecule has 2 aromatic carbocycles. The van der Waals surface area contributed by atoms with Crippen LogP contribution >= 0.6 is 0 Å². The number of amides is 2. The summed E-state index contributed by atoms with van der Waals surface area (Å²) in [6.07, 6.45) is 6.47. The number of benzene rings is 2. The molecule has 2 saturated carbocycles. The highest BCUT2D eigenvalue weighted by Crippen LogP contribution is 2.42. The lowest BCUT2D eigenvalue weighted by Crippen LogP contribution is -2.36. The number of hydrogen-bond donors (Lipinski definition) is 6. The molecule has 4 aliphatic rings. The zero-order chi connectivity index (χ0) is 46.2. The maximum absolute atomic E-state index is 15.3. The van der Waals surface area contributed by atoms with Crippen molar-refractivity contribution in [3.05, 3.63) is 71.8 Å². The monoisotopic (exact) mass is 896 g/mol. The highest BCUT2D eigenvalue weighted by Gasteiger charge is 2.35. The highest BCUT2D eigenvalue weighted by molar-refractivity contribution is 6.01. The third kappa shape index (κ3) is 8.08. The largest absolute Gasteiger partial charge is 0.474 e. The van der Waals surface area contributed by atoms with Crippen molar-refractivity contribution in [3.63, 3.8) is 0 Å². The standard InChI is InChI=1S/2C23H21FN6O3/c2*1-11-15(9-29-22-21(11)27-4-5-32-22)14-6-13-7-18(28-10-16(13)20(26)19(14)24)30-23(31)33-17-3-2-12(17)8-25/h2*6-7,9-10,12,17,27H,2-5,26H2,1H3,(H,28,30,31)/t2*12-,17+/m10/s1. The molecule has 0 saturated heterocycles. The first-order valence-corrected chi connectivity index (χ1v) is 21.2. The average Bonchev–Trinajstić information content (AvgIpc) is 3.30. The molecule has 8 N–H and O–H groups in total. The highest BCUT2D eigenvalue weighted by atomic mass is 19.1. The number of aromatic nitrogens is 4. The Hall–Kier alpha value is -8.26. The zero-order valence-electron chi connectivity index (χ0n) is 35.6. The number of nitrogens with two attached hydrogens (primary N) is 2. The molecule has 66 heavy (non-hydrogen) atoms. The molecule has 4 atom stereocenters. The molecule has 336 valence electrons. The minimum atomic E-state index is -0.692.